The predicted molar refractivity (Wildman–Crippen MR) is 95.0 cm³/mol. The summed E-state index contributed by atoms with van der Waals surface area (Å²) in [7, 11) is 0. The Hall–Kier alpha value is -2.30. The number of halogens is 1. The lowest BCUT2D eigenvalue weighted by molar-refractivity contribution is -0.160. The van der Waals surface area contributed by atoms with Crippen molar-refractivity contribution in [2.24, 2.45) is 0 Å². The fourth-order valence-electron chi connectivity index (χ4n) is 3.19. The maximum atomic E-state index is 11.5. The number of carbonyl (C=O) groups is 2. The summed E-state index contributed by atoms with van der Waals surface area (Å²) >= 11 is 6.14. The van der Waals surface area contributed by atoms with Gasteiger partial charge in [0, 0.05) is 13.8 Å². The fraction of sp³-hybridized carbons (Fsp3) is 0.562. The SMILES string of the molecule is CC[C@H]1O[C@@H](n2cnc3c(Cl)nc(NC(C)=O)nc32)[C@@](C)(O)[C@@H]1OC(C)=O. The lowest BCUT2D eigenvalue weighted by atomic mass is 9.95. The average Bonchev–Trinajstić information content (AvgIpc) is 3.06. The van der Waals surface area contributed by atoms with Gasteiger partial charge in [-0.25, -0.2) is 4.98 Å². The standard InChI is InChI=1S/C16H20ClN5O5/c1-5-9-11(26-8(3)24)16(4,25)14(27-9)22-6-18-10-12(17)20-15(19-7(2)23)21-13(10)22/h6,9,11,14,25H,5H2,1-4H3,(H,19,20,21,23)/t9-,11-,14-,16+/m1/s1. The van der Waals surface area contributed by atoms with Crippen LogP contribution in [-0.2, 0) is 19.1 Å². The number of hydrogen-bond acceptors (Lipinski definition) is 8. The van der Waals surface area contributed by atoms with E-state index in [1.165, 1.54) is 31.7 Å². The zero-order chi connectivity index (χ0) is 19.9. The van der Waals surface area contributed by atoms with E-state index in [9.17, 15) is 14.7 Å². The molecule has 2 N–H and O–H groups in total. The van der Waals surface area contributed by atoms with Gasteiger partial charge in [0.05, 0.1) is 6.33 Å². The second-order valence-electron chi connectivity index (χ2n) is 6.53. The summed E-state index contributed by atoms with van der Waals surface area (Å²) in [5.74, 6) is -0.874. The Labute approximate surface area is 159 Å². The van der Waals surface area contributed by atoms with Crippen molar-refractivity contribution in [1.82, 2.24) is 19.5 Å². The molecule has 3 rings (SSSR count). The van der Waals surface area contributed by atoms with Gasteiger partial charge < -0.3 is 14.6 Å². The molecule has 1 aliphatic heterocycles. The van der Waals surface area contributed by atoms with Crippen LogP contribution in [0.4, 0.5) is 5.95 Å². The largest absolute Gasteiger partial charge is 0.457 e. The zero-order valence-electron chi connectivity index (χ0n) is 15.3. The summed E-state index contributed by atoms with van der Waals surface area (Å²) < 4.78 is 12.8. The number of rotatable bonds is 4. The second kappa shape index (κ2) is 7.02. The summed E-state index contributed by atoms with van der Waals surface area (Å²) in [5.41, 5.74) is -0.998. The molecule has 0 aliphatic carbocycles. The van der Waals surface area contributed by atoms with Crippen LogP contribution >= 0.6 is 11.6 Å². The highest BCUT2D eigenvalue weighted by Gasteiger charge is 2.55. The minimum absolute atomic E-state index is 0.00275. The van der Waals surface area contributed by atoms with Gasteiger partial charge >= 0.3 is 5.97 Å². The number of amides is 1. The Kier molecular flexibility index (Phi) is 5.06. The number of nitrogens with zero attached hydrogens (tertiary/aromatic N) is 4. The van der Waals surface area contributed by atoms with E-state index in [-0.39, 0.29) is 28.2 Å². The third-order valence-corrected chi connectivity index (χ3v) is 4.60. The fourth-order valence-corrected chi connectivity index (χ4v) is 3.40. The van der Waals surface area contributed by atoms with Crippen LogP contribution in [0.1, 0.15) is 40.3 Å². The van der Waals surface area contributed by atoms with Crippen molar-refractivity contribution in [3.63, 3.8) is 0 Å². The number of nitrogens with one attached hydrogen (secondary N) is 1. The van der Waals surface area contributed by atoms with E-state index in [0.29, 0.717) is 6.42 Å². The molecule has 0 bridgehead atoms. The van der Waals surface area contributed by atoms with E-state index in [0.717, 1.165) is 0 Å². The Balaban J connectivity index is 2.07. The van der Waals surface area contributed by atoms with Crippen molar-refractivity contribution in [3.8, 4) is 0 Å². The first-order chi connectivity index (χ1) is 12.6. The van der Waals surface area contributed by atoms with Crippen molar-refractivity contribution in [1.29, 1.82) is 0 Å². The molecule has 0 saturated carbocycles. The van der Waals surface area contributed by atoms with Gasteiger partial charge in [-0.1, -0.05) is 18.5 Å². The van der Waals surface area contributed by atoms with Crippen molar-refractivity contribution < 1.29 is 24.2 Å². The van der Waals surface area contributed by atoms with Crippen molar-refractivity contribution in [2.45, 2.75) is 58.2 Å². The number of esters is 1. The van der Waals surface area contributed by atoms with Crippen LogP contribution in [0.15, 0.2) is 6.33 Å². The van der Waals surface area contributed by atoms with E-state index >= 15 is 0 Å². The molecular weight excluding hydrogens is 378 g/mol. The molecule has 0 unspecified atom stereocenters. The highest BCUT2D eigenvalue weighted by molar-refractivity contribution is 6.33. The highest BCUT2D eigenvalue weighted by Crippen LogP contribution is 2.42. The molecular formula is C16H20ClN5O5. The molecule has 1 amide bonds. The highest BCUT2D eigenvalue weighted by atomic mass is 35.5. The molecule has 146 valence electrons. The summed E-state index contributed by atoms with van der Waals surface area (Å²) in [5, 5.41) is 13.6. The van der Waals surface area contributed by atoms with Crippen LogP contribution in [0.25, 0.3) is 11.2 Å². The van der Waals surface area contributed by atoms with E-state index in [1.807, 2.05) is 6.92 Å². The van der Waals surface area contributed by atoms with E-state index < -0.39 is 30.0 Å². The number of ether oxygens (including phenoxy) is 2. The number of fused-ring (bicyclic) bond motifs is 1. The first kappa shape index (κ1) is 19.5. The average molecular weight is 398 g/mol. The van der Waals surface area contributed by atoms with E-state index in [1.54, 1.807) is 0 Å². The van der Waals surface area contributed by atoms with E-state index in [4.69, 9.17) is 21.1 Å². The molecule has 0 aromatic carbocycles. The monoisotopic (exact) mass is 397 g/mol. The van der Waals surface area contributed by atoms with Gasteiger partial charge in [0.2, 0.25) is 11.9 Å². The minimum Gasteiger partial charge on any atom is -0.457 e. The van der Waals surface area contributed by atoms with Gasteiger partial charge in [-0.2, -0.15) is 9.97 Å². The number of aliphatic hydroxyl groups is 1. The summed E-state index contributed by atoms with van der Waals surface area (Å²) in [6, 6.07) is 0. The molecule has 2 aromatic rings. The predicted octanol–water partition coefficient (Wildman–Crippen LogP) is 1.43. The van der Waals surface area contributed by atoms with Crippen LogP contribution in [0.2, 0.25) is 5.15 Å². The van der Waals surface area contributed by atoms with Gasteiger partial charge in [-0.05, 0) is 13.3 Å². The Morgan fingerprint density at radius 3 is 2.74 bits per heavy atom. The van der Waals surface area contributed by atoms with Gasteiger partial charge in [0.25, 0.3) is 0 Å². The lowest BCUT2D eigenvalue weighted by Crippen LogP contribution is -2.46. The quantitative estimate of drug-likeness (QED) is 0.585. The molecule has 4 atom stereocenters. The summed E-state index contributed by atoms with van der Waals surface area (Å²) in [6.07, 6.45) is -0.393. The maximum Gasteiger partial charge on any atom is 0.303 e. The normalized spacial score (nSPS) is 27.7. The summed E-state index contributed by atoms with van der Waals surface area (Å²) in [6.45, 7) is 5.97. The van der Waals surface area contributed by atoms with Crippen LogP contribution in [0.3, 0.4) is 0 Å². The van der Waals surface area contributed by atoms with Crippen LogP contribution < -0.4 is 5.32 Å². The molecule has 2 aromatic heterocycles. The molecule has 27 heavy (non-hydrogen) atoms. The Morgan fingerprint density at radius 2 is 2.15 bits per heavy atom. The maximum absolute atomic E-state index is 11.5. The van der Waals surface area contributed by atoms with E-state index in [2.05, 4.69) is 20.3 Å². The number of carbonyl (C=O) groups excluding carboxylic acids is 2. The Morgan fingerprint density at radius 1 is 1.44 bits per heavy atom. The molecule has 1 saturated heterocycles. The van der Waals surface area contributed by atoms with Gasteiger partial charge in [-0.3, -0.25) is 19.5 Å². The van der Waals surface area contributed by atoms with Gasteiger partial charge in [-0.15, -0.1) is 0 Å². The molecule has 10 nitrogen and oxygen atoms in total. The third kappa shape index (κ3) is 3.47. The lowest BCUT2D eigenvalue weighted by Gasteiger charge is -2.29. The number of hydrogen-bond donors (Lipinski definition) is 2. The van der Waals surface area contributed by atoms with Gasteiger partial charge in [0.1, 0.15) is 17.2 Å². The molecule has 11 heteroatoms. The van der Waals surface area contributed by atoms with Crippen LogP contribution in [0, 0.1) is 0 Å². The molecule has 1 fully saturated rings. The Bertz CT molecular complexity index is 899. The first-order valence-corrected chi connectivity index (χ1v) is 8.75. The van der Waals surface area contributed by atoms with Crippen LogP contribution in [0.5, 0.6) is 0 Å². The van der Waals surface area contributed by atoms with Gasteiger partial charge in [0.15, 0.2) is 23.1 Å². The van der Waals surface area contributed by atoms with Crippen molar-refractivity contribution in [3.05, 3.63) is 11.5 Å². The van der Waals surface area contributed by atoms with Crippen LogP contribution in [-0.4, -0.2) is 54.3 Å². The third-order valence-electron chi connectivity index (χ3n) is 4.33. The first-order valence-electron chi connectivity index (χ1n) is 8.37. The number of aromatic nitrogens is 4. The molecule has 0 radical (unpaired) electrons. The second-order valence-corrected chi connectivity index (χ2v) is 6.89. The van der Waals surface area contributed by atoms with Crippen molar-refractivity contribution in [2.75, 3.05) is 5.32 Å². The molecule has 0 spiro atoms. The zero-order valence-corrected chi connectivity index (χ0v) is 16.0. The smallest absolute Gasteiger partial charge is 0.303 e. The minimum atomic E-state index is -1.55. The molecule has 3 heterocycles. The molecule has 1 aliphatic rings. The number of anilines is 1. The summed E-state index contributed by atoms with van der Waals surface area (Å²) in [4.78, 5) is 35.2. The number of imidazole rings is 1. The van der Waals surface area contributed by atoms with Crippen molar-refractivity contribution >= 4 is 40.6 Å². The topological polar surface area (TPSA) is 128 Å².